The van der Waals surface area contributed by atoms with Gasteiger partial charge >= 0.3 is 0 Å². The molecule has 1 atom stereocenters. The van der Waals surface area contributed by atoms with Crippen LogP contribution in [0.5, 0.6) is 0 Å². The van der Waals surface area contributed by atoms with E-state index >= 15 is 0 Å². The monoisotopic (exact) mass is 409 g/mol. The first kappa shape index (κ1) is 18.7. The Morgan fingerprint density at radius 1 is 1.03 bits per heavy atom. The van der Waals surface area contributed by atoms with Crippen LogP contribution in [-0.2, 0) is 4.79 Å². The Kier molecular flexibility index (Phi) is 4.72. The van der Waals surface area contributed by atoms with Gasteiger partial charge in [0.15, 0.2) is 5.82 Å². The van der Waals surface area contributed by atoms with Gasteiger partial charge < -0.3 is 10.6 Å². The van der Waals surface area contributed by atoms with E-state index in [0.29, 0.717) is 34.4 Å². The number of amides is 1. The van der Waals surface area contributed by atoms with Gasteiger partial charge in [-0.3, -0.25) is 14.8 Å². The van der Waals surface area contributed by atoms with Gasteiger partial charge in [-0.2, -0.15) is 4.98 Å². The average molecular weight is 409 g/mol. The van der Waals surface area contributed by atoms with Crippen molar-refractivity contribution in [3.05, 3.63) is 96.2 Å². The molecule has 1 unspecified atom stereocenters. The van der Waals surface area contributed by atoms with Gasteiger partial charge in [-0.15, -0.1) is 5.10 Å². The van der Waals surface area contributed by atoms with Crippen LogP contribution in [-0.4, -0.2) is 30.6 Å². The number of allylic oxidation sites excluding steroid dienone is 1. The van der Waals surface area contributed by atoms with Crippen LogP contribution in [0.25, 0.3) is 11.4 Å². The van der Waals surface area contributed by atoms with Crippen molar-refractivity contribution in [2.45, 2.75) is 13.0 Å². The molecule has 0 spiro atoms. The third-order valence-electron chi connectivity index (χ3n) is 5.02. The highest BCUT2D eigenvalue weighted by atomic mass is 16.1. The fraction of sp³-hybridized carbons (Fsp3) is 0.0870. The SMILES string of the molecule is CC1=C(C(=O)Nc2cccnc2)C(c2ccccn2)n2nc(-c3ccccc3)nc2N1. The first-order valence-corrected chi connectivity index (χ1v) is 9.83. The van der Waals surface area contributed by atoms with Gasteiger partial charge in [-0.1, -0.05) is 36.4 Å². The molecule has 5 rings (SSSR count). The molecule has 0 saturated carbocycles. The van der Waals surface area contributed by atoms with Crippen molar-refractivity contribution in [1.82, 2.24) is 24.7 Å². The number of aromatic nitrogens is 5. The van der Waals surface area contributed by atoms with E-state index in [4.69, 9.17) is 5.10 Å². The van der Waals surface area contributed by atoms with Gasteiger partial charge in [0.25, 0.3) is 5.91 Å². The lowest BCUT2D eigenvalue weighted by atomic mass is 9.98. The maximum Gasteiger partial charge on any atom is 0.255 e. The second kappa shape index (κ2) is 7.83. The minimum atomic E-state index is -0.529. The number of carbonyl (C=O) groups is 1. The number of carbonyl (C=O) groups excluding carboxylic acids is 1. The first-order chi connectivity index (χ1) is 15.2. The van der Waals surface area contributed by atoms with Crippen molar-refractivity contribution in [3.8, 4) is 11.4 Å². The summed E-state index contributed by atoms with van der Waals surface area (Å²) in [6.07, 6.45) is 4.97. The van der Waals surface area contributed by atoms with Crippen molar-refractivity contribution in [2.24, 2.45) is 0 Å². The summed E-state index contributed by atoms with van der Waals surface area (Å²) in [5.41, 5.74) is 3.41. The first-order valence-electron chi connectivity index (χ1n) is 9.83. The molecule has 3 aromatic heterocycles. The summed E-state index contributed by atoms with van der Waals surface area (Å²) in [6.45, 7) is 1.86. The van der Waals surface area contributed by atoms with E-state index in [1.54, 1.807) is 35.4 Å². The summed E-state index contributed by atoms with van der Waals surface area (Å²) in [4.78, 5) is 26.6. The van der Waals surface area contributed by atoms with E-state index in [1.807, 2.05) is 55.5 Å². The fourth-order valence-electron chi connectivity index (χ4n) is 3.60. The molecule has 0 aliphatic carbocycles. The van der Waals surface area contributed by atoms with E-state index in [1.165, 1.54) is 0 Å². The average Bonchev–Trinajstić information content (AvgIpc) is 3.23. The summed E-state index contributed by atoms with van der Waals surface area (Å²) in [7, 11) is 0. The number of fused-ring (bicyclic) bond motifs is 1. The minimum absolute atomic E-state index is 0.254. The van der Waals surface area contributed by atoms with Crippen LogP contribution in [0.4, 0.5) is 11.6 Å². The van der Waals surface area contributed by atoms with Crippen LogP contribution in [0.1, 0.15) is 18.7 Å². The predicted molar refractivity (Wildman–Crippen MR) is 117 cm³/mol. The summed E-state index contributed by atoms with van der Waals surface area (Å²) < 4.78 is 1.72. The van der Waals surface area contributed by atoms with Gasteiger partial charge in [-0.05, 0) is 31.2 Å². The molecule has 8 heteroatoms. The minimum Gasteiger partial charge on any atom is -0.328 e. The number of rotatable bonds is 4. The van der Waals surface area contributed by atoms with Crippen molar-refractivity contribution < 1.29 is 4.79 Å². The van der Waals surface area contributed by atoms with Crippen molar-refractivity contribution in [2.75, 3.05) is 10.6 Å². The molecule has 2 N–H and O–H groups in total. The number of benzene rings is 1. The van der Waals surface area contributed by atoms with Crippen LogP contribution >= 0.6 is 0 Å². The van der Waals surface area contributed by atoms with Crippen LogP contribution < -0.4 is 10.6 Å². The Morgan fingerprint density at radius 2 is 1.87 bits per heavy atom. The van der Waals surface area contributed by atoms with E-state index in [9.17, 15) is 4.79 Å². The van der Waals surface area contributed by atoms with Gasteiger partial charge in [0, 0.05) is 23.7 Å². The topological polar surface area (TPSA) is 97.6 Å². The molecule has 1 aromatic carbocycles. The molecule has 152 valence electrons. The highest BCUT2D eigenvalue weighted by Crippen LogP contribution is 2.35. The zero-order chi connectivity index (χ0) is 21.2. The molecule has 31 heavy (non-hydrogen) atoms. The van der Waals surface area contributed by atoms with Crippen LogP contribution in [0.15, 0.2) is 90.5 Å². The number of hydrogen-bond donors (Lipinski definition) is 2. The fourth-order valence-corrected chi connectivity index (χ4v) is 3.60. The molecule has 0 saturated heterocycles. The molecule has 4 aromatic rings. The largest absolute Gasteiger partial charge is 0.328 e. The van der Waals surface area contributed by atoms with E-state index in [-0.39, 0.29) is 5.91 Å². The van der Waals surface area contributed by atoms with Gasteiger partial charge in [0.1, 0.15) is 6.04 Å². The van der Waals surface area contributed by atoms with Gasteiger partial charge in [0.05, 0.1) is 23.2 Å². The van der Waals surface area contributed by atoms with E-state index < -0.39 is 6.04 Å². The van der Waals surface area contributed by atoms with Crippen molar-refractivity contribution in [1.29, 1.82) is 0 Å². The molecule has 0 radical (unpaired) electrons. The lowest BCUT2D eigenvalue weighted by molar-refractivity contribution is -0.113. The number of hydrogen-bond acceptors (Lipinski definition) is 6. The quantitative estimate of drug-likeness (QED) is 0.534. The molecule has 1 aliphatic heterocycles. The Bertz CT molecular complexity index is 1250. The number of pyridine rings is 2. The van der Waals surface area contributed by atoms with Gasteiger partial charge in [-0.25, -0.2) is 4.68 Å². The second-order valence-corrected chi connectivity index (χ2v) is 7.09. The zero-order valence-corrected chi connectivity index (χ0v) is 16.7. The number of anilines is 2. The predicted octanol–water partition coefficient (Wildman–Crippen LogP) is 3.66. The Balaban J connectivity index is 1.60. The second-order valence-electron chi connectivity index (χ2n) is 7.09. The van der Waals surface area contributed by atoms with Crippen LogP contribution in [0.2, 0.25) is 0 Å². The van der Waals surface area contributed by atoms with Crippen LogP contribution in [0.3, 0.4) is 0 Å². The molecular formula is C23H19N7O. The smallest absolute Gasteiger partial charge is 0.255 e. The summed E-state index contributed by atoms with van der Waals surface area (Å²) in [6, 6.07) is 18.4. The van der Waals surface area contributed by atoms with Crippen molar-refractivity contribution in [3.63, 3.8) is 0 Å². The molecular weight excluding hydrogens is 390 g/mol. The lowest BCUT2D eigenvalue weighted by Crippen LogP contribution is -2.32. The molecule has 8 nitrogen and oxygen atoms in total. The Hall–Kier alpha value is -4.33. The summed E-state index contributed by atoms with van der Waals surface area (Å²) in [5, 5.41) is 10.9. The Morgan fingerprint density at radius 3 is 2.61 bits per heavy atom. The number of nitrogens with one attached hydrogen (secondary N) is 2. The van der Waals surface area contributed by atoms with Gasteiger partial charge in [0.2, 0.25) is 5.95 Å². The highest BCUT2D eigenvalue weighted by Gasteiger charge is 2.35. The molecule has 1 amide bonds. The Labute approximate surface area is 178 Å². The molecule has 4 heterocycles. The van der Waals surface area contributed by atoms with E-state index in [2.05, 4.69) is 25.6 Å². The molecule has 1 aliphatic rings. The van der Waals surface area contributed by atoms with E-state index in [0.717, 1.165) is 5.56 Å². The highest BCUT2D eigenvalue weighted by molar-refractivity contribution is 6.05. The molecule has 0 fully saturated rings. The zero-order valence-electron chi connectivity index (χ0n) is 16.7. The standard InChI is InChI=1S/C23H19N7O/c1-15-19(22(31)27-17-10-7-12-24-14-17)20(18-11-5-6-13-25-18)30-23(26-15)28-21(29-30)16-8-3-2-4-9-16/h2-14,20H,1H3,(H,27,31)(H,26,28,29). The summed E-state index contributed by atoms with van der Waals surface area (Å²) in [5.74, 6) is 0.881. The third kappa shape index (κ3) is 3.55. The van der Waals surface area contributed by atoms with Crippen molar-refractivity contribution >= 4 is 17.5 Å². The van der Waals surface area contributed by atoms with Crippen LogP contribution in [0, 0.1) is 0 Å². The lowest BCUT2D eigenvalue weighted by Gasteiger charge is -2.27. The molecule has 0 bridgehead atoms. The normalized spacial score (nSPS) is 15.2. The maximum absolute atomic E-state index is 13.3. The third-order valence-corrected chi connectivity index (χ3v) is 5.02. The maximum atomic E-state index is 13.3. The summed E-state index contributed by atoms with van der Waals surface area (Å²) >= 11 is 0. The number of nitrogens with zero attached hydrogens (tertiary/aromatic N) is 5.